The lowest BCUT2D eigenvalue weighted by atomic mass is 10.1. The Morgan fingerprint density at radius 2 is 1.52 bits per heavy atom. The fourth-order valence-electron chi connectivity index (χ4n) is 3.40. The van der Waals surface area contributed by atoms with E-state index < -0.39 is 28.9 Å². The SMILES string of the molecule is Cc1ccc(CCC(=O)N2CCCN(C(=O)c3ccc(F)c(F)c3F)CC2)cc1. The van der Waals surface area contributed by atoms with Gasteiger partial charge in [-0.3, -0.25) is 9.59 Å². The molecule has 0 saturated carbocycles. The molecule has 7 heteroatoms. The van der Waals surface area contributed by atoms with Gasteiger partial charge in [0.15, 0.2) is 17.5 Å². The predicted molar refractivity (Wildman–Crippen MR) is 103 cm³/mol. The lowest BCUT2D eigenvalue weighted by Gasteiger charge is -2.22. The van der Waals surface area contributed by atoms with Crippen LogP contribution in [0.15, 0.2) is 36.4 Å². The summed E-state index contributed by atoms with van der Waals surface area (Å²) in [7, 11) is 0. The fraction of sp³-hybridized carbons (Fsp3) is 0.364. The number of benzene rings is 2. The largest absolute Gasteiger partial charge is 0.341 e. The van der Waals surface area contributed by atoms with E-state index in [1.807, 2.05) is 31.2 Å². The van der Waals surface area contributed by atoms with Gasteiger partial charge in [-0.05, 0) is 37.5 Å². The highest BCUT2D eigenvalue weighted by Gasteiger charge is 2.26. The number of hydrogen-bond acceptors (Lipinski definition) is 2. The summed E-state index contributed by atoms with van der Waals surface area (Å²) < 4.78 is 40.5. The summed E-state index contributed by atoms with van der Waals surface area (Å²) in [6.07, 6.45) is 1.54. The van der Waals surface area contributed by atoms with E-state index in [1.165, 1.54) is 4.90 Å². The van der Waals surface area contributed by atoms with Crippen molar-refractivity contribution in [3.63, 3.8) is 0 Å². The molecule has 2 aromatic carbocycles. The van der Waals surface area contributed by atoms with Gasteiger partial charge in [-0.2, -0.15) is 0 Å². The number of hydrogen-bond donors (Lipinski definition) is 0. The molecular weight excluding hydrogens is 381 g/mol. The second kappa shape index (κ2) is 9.11. The Morgan fingerprint density at radius 1 is 0.862 bits per heavy atom. The molecule has 0 aliphatic carbocycles. The Morgan fingerprint density at radius 3 is 2.24 bits per heavy atom. The van der Waals surface area contributed by atoms with Crippen molar-refractivity contribution in [2.45, 2.75) is 26.2 Å². The molecule has 1 saturated heterocycles. The molecule has 0 atom stereocenters. The van der Waals surface area contributed by atoms with E-state index in [-0.39, 0.29) is 12.5 Å². The van der Waals surface area contributed by atoms with Crippen molar-refractivity contribution < 1.29 is 22.8 Å². The van der Waals surface area contributed by atoms with Gasteiger partial charge >= 0.3 is 0 Å². The lowest BCUT2D eigenvalue weighted by molar-refractivity contribution is -0.131. The average Bonchev–Trinajstić information content (AvgIpc) is 2.97. The first kappa shape index (κ1) is 20.9. The number of nitrogens with zero attached hydrogens (tertiary/aromatic N) is 2. The Hall–Kier alpha value is -2.83. The molecule has 2 amide bonds. The first-order valence-corrected chi connectivity index (χ1v) is 9.63. The minimum absolute atomic E-state index is 0.00104. The van der Waals surface area contributed by atoms with E-state index >= 15 is 0 Å². The highest BCUT2D eigenvalue weighted by atomic mass is 19.2. The molecule has 29 heavy (non-hydrogen) atoms. The van der Waals surface area contributed by atoms with Crippen molar-refractivity contribution >= 4 is 11.8 Å². The maximum absolute atomic E-state index is 13.9. The Balaban J connectivity index is 1.58. The fourth-order valence-corrected chi connectivity index (χ4v) is 3.40. The van der Waals surface area contributed by atoms with Crippen molar-refractivity contribution in [2.24, 2.45) is 0 Å². The Bertz CT molecular complexity index is 900. The summed E-state index contributed by atoms with van der Waals surface area (Å²) in [5.41, 5.74) is 1.75. The smallest absolute Gasteiger partial charge is 0.257 e. The van der Waals surface area contributed by atoms with Crippen molar-refractivity contribution in [1.29, 1.82) is 0 Å². The number of halogens is 3. The molecule has 1 aliphatic heterocycles. The third-order valence-corrected chi connectivity index (χ3v) is 5.15. The van der Waals surface area contributed by atoms with E-state index in [0.29, 0.717) is 38.9 Å². The molecule has 0 spiro atoms. The molecule has 3 rings (SSSR count). The van der Waals surface area contributed by atoms with Gasteiger partial charge in [-0.1, -0.05) is 29.8 Å². The van der Waals surface area contributed by atoms with Crippen molar-refractivity contribution in [1.82, 2.24) is 9.80 Å². The normalized spacial score (nSPS) is 14.6. The lowest BCUT2D eigenvalue weighted by Crippen LogP contribution is -2.37. The number of carbonyl (C=O) groups is 2. The Kier molecular flexibility index (Phi) is 6.56. The first-order valence-electron chi connectivity index (χ1n) is 9.63. The van der Waals surface area contributed by atoms with Crippen LogP contribution in [0.3, 0.4) is 0 Å². The molecule has 154 valence electrons. The van der Waals surface area contributed by atoms with Crippen molar-refractivity contribution in [2.75, 3.05) is 26.2 Å². The summed E-state index contributed by atoms with van der Waals surface area (Å²) in [5.74, 6) is -5.17. The average molecular weight is 404 g/mol. The monoisotopic (exact) mass is 404 g/mol. The number of amides is 2. The Labute approximate surface area is 167 Å². The zero-order valence-electron chi connectivity index (χ0n) is 16.3. The number of carbonyl (C=O) groups excluding carboxylic acids is 2. The van der Waals surface area contributed by atoms with E-state index in [9.17, 15) is 22.8 Å². The summed E-state index contributed by atoms with van der Waals surface area (Å²) in [6, 6.07) is 9.71. The molecule has 0 aromatic heterocycles. The summed E-state index contributed by atoms with van der Waals surface area (Å²) in [4.78, 5) is 28.2. The molecule has 1 heterocycles. The highest BCUT2D eigenvalue weighted by molar-refractivity contribution is 5.94. The van der Waals surface area contributed by atoms with Crippen LogP contribution >= 0.6 is 0 Å². The van der Waals surface area contributed by atoms with Crippen molar-refractivity contribution in [3.05, 3.63) is 70.5 Å². The maximum Gasteiger partial charge on any atom is 0.257 e. The molecular formula is C22H23F3N2O2. The number of rotatable bonds is 4. The van der Waals surface area contributed by atoms with Crippen LogP contribution in [0.25, 0.3) is 0 Å². The summed E-state index contributed by atoms with van der Waals surface area (Å²) in [6.45, 7) is 3.36. The highest BCUT2D eigenvalue weighted by Crippen LogP contribution is 2.18. The van der Waals surface area contributed by atoms with Gasteiger partial charge in [-0.15, -0.1) is 0 Å². The van der Waals surface area contributed by atoms with Gasteiger partial charge in [0.1, 0.15) is 0 Å². The second-order valence-corrected chi connectivity index (χ2v) is 7.24. The van der Waals surface area contributed by atoms with Gasteiger partial charge in [0.25, 0.3) is 5.91 Å². The topological polar surface area (TPSA) is 40.6 Å². The molecule has 1 aliphatic rings. The van der Waals surface area contributed by atoms with E-state index in [2.05, 4.69) is 0 Å². The zero-order chi connectivity index (χ0) is 21.0. The van der Waals surface area contributed by atoms with Crippen LogP contribution < -0.4 is 0 Å². The van der Waals surface area contributed by atoms with Gasteiger partial charge in [0.05, 0.1) is 5.56 Å². The number of aryl methyl sites for hydroxylation is 2. The van der Waals surface area contributed by atoms with Gasteiger partial charge in [0, 0.05) is 32.6 Å². The molecule has 2 aromatic rings. The van der Waals surface area contributed by atoms with Crippen LogP contribution in [0.2, 0.25) is 0 Å². The summed E-state index contributed by atoms with van der Waals surface area (Å²) >= 11 is 0. The van der Waals surface area contributed by atoms with Crippen molar-refractivity contribution in [3.8, 4) is 0 Å². The first-order chi connectivity index (χ1) is 13.9. The van der Waals surface area contributed by atoms with Gasteiger partial charge < -0.3 is 9.80 Å². The molecule has 0 N–H and O–H groups in total. The predicted octanol–water partition coefficient (Wildman–Crippen LogP) is 3.72. The molecule has 4 nitrogen and oxygen atoms in total. The van der Waals surface area contributed by atoms with E-state index in [4.69, 9.17) is 0 Å². The van der Waals surface area contributed by atoms with Gasteiger partial charge in [0.2, 0.25) is 5.91 Å². The van der Waals surface area contributed by atoms with E-state index in [1.54, 1.807) is 4.90 Å². The molecule has 0 bridgehead atoms. The quantitative estimate of drug-likeness (QED) is 0.729. The molecule has 1 fully saturated rings. The standard InChI is InChI=1S/C22H23F3N2O2/c1-15-3-5-16(6-4-15)7-10-19(28)26-11-2-12-27(14-13-26)22(29)17-8-9-18(23)21(25)20(17)24/h3-6,8-9H,2,7,10-14H2,1H3. The third kappa shape index (κ3) is 4.96. The zero-order valence-corrected chi connectivity index (χ0v) is 16.3. The molecule has 0 radical (unpaired) electrons. The van der Waals surface area contributed by atoms with Crippen LogP contribution in [-0.2, 0) is 11.2 Å². The van der Waals surface area contributed by atoms with Crippen LogP contribution in [0.1, 0.15) is 34.3 Å². The second-order valence-electron chi connectivity index (χ2n) is 7.24. The maximum atomic E-state index is 13.9. The third-order valence-electron chi connectivity index (χ3n) is 5.15. The minimum Gasteiger partial charge on any atom is -0.341 e. The summed E-state index contributed by atoms with van der Waals surface area (Å²) in [5, 5.41) is 0. The van der Waals surface area contributed by atoms with Crippen LogP contribution in [-0.4, -0.2) is 47.8 Å². The molecule has 0 unspecified atom stereocenters. The van der Waals surface area contributed by atoms with E-state index in [0.717, 1.165) is 23.3 Å². The van der Waals surface area contributed by atoms with Gasteiger partial charge in [-0.25, -0.2) is 13.2 Å². The van der Waals surface area contributed by atoms with Crippen LogP contribution in [0, 0.1) is 24.4 Å². The van der Waals surface area contributed by atoms with Crippen LogP contribution in [0.4, 0.5) is 13.2 Å². The van der Waals surface area contributed by atoms with Crippen LogP contribution in [0.5, 0.6) is 0 Å². The minimum atomic E-state index is -1.65.